The fraction of sp³-hybridized carbons (Fsp3) is 0.200. The molecular weight excluding hydrogens is 353 g/mol. The Balaban J connectivity index is 2.02. The van der Waals surface area contributed by atoms with Crippen molar-refractivity contribution in [3.63, 3.8) is 0 Å². The number of pyridine rings is 1. The van der Waals surface area contributed by atoms with Gasteiger partial charge in [0.1, 0.15) is 22.7 Å². The summed E-state index contributed by atoms with van der Waals surface area (Å²) in [5.41, 5.74) is 4.20. The zero-order chi connectivity index (χ0) is 18.9. The van der Waals surface area contributed by atoms with Crippen LogP contribution in [0, 0.1) is 0 Å². The predicted molar refractivity (Wildman–Crippen MR) is 85.8 cm³/mol. The van der Waals surface area contributed by atoms with Crippen LogP contribution in [0.5, 0.6) is 5.75 Å². The van der Waals surface area contributed by atoms with Crippen LogP contribution in [0.2, 0.25) is 0 Å². The zero-order valence-electron chi connectivity index (χ0n) is 13.4. The summed E-state index contributed by atoms with van der Waals surface area (Å²) in [7, 11) is 0. The molecule has 0 aliphatic carbocycles. The number of carbonyl (C=O) groups is 1. The monoisotopic (exact) mass is 366 g/mol. The lowest BCUT2D eigenvalue weighted by Crippen LogP contribution is -2.16. The number of rotatable bonds is 4. The highest BCUT2D eigenvalue weighted by atomic mass is 19.4. The summed E-state index contributed by atoms with van der Waals surface area (Å²) in [6.45, 7) is 2.11. The minimum Gasteiger partial charge on any atom is -0.492 e. The van der Waals surface area contributed by atoms with E-state index in [2.05, 4.69) is 20.4 Å². The first-order valence-electron chi connectivity index (χ1n) is 7.41. The number of anilines is 2. The summed E-state index contributed by atoms with van der Waals surface area (Å²) in [6, 6.07) is 2.29. The number of hydrogen-bond donors (Lipinski definition) is 2. The molecule has 0 spiro atoms. The predicted octanol–water partition coefficient (Wildman–Crippen LogP) is 2.38. The zero-order valence-corrected chi connectivity index (χ0v) is 13.4. The second-order valence-corrected chi connectivity index (χ2v) is 5.10. The molecule has 0 unspecified atom stereocenters. The second-order valence-electron chi connectivity index (χ2n) is 5.10. The van der Waals surface area contributed by atoms with Gasteiger partial charge in [0, 0.05) is 18.5 Å². The van der Waals surface area contributed by atoms with Crippen LogP contribution in [0.15, 0.2) is 30.7 Å². The number of hydrogen-bond acceptors (Lipinski definition) is 6. The molecule has 3 rings (SSSR count). The van der Waals surface area contributed by atoms with Crippen LogP contribution >= 0.6 is 0 Å². The molecule has 0 radical (unpaired) electrons. The summed E-state index contributed by atoms with van der Waals surface area (Å²) >= 11 is 0. The molecule has 136 valence electrons. The Morgan fingerprint density at radius 3 is 2.85 bits per heavy atom. The van der Waals surface area contributed by atoms with E-state index in [9.17, 15) is 18.0 Å². The number of nitrogens with one attached hydrogen (secondary N) is 1. The van der Waals surface area contributed by atoms with Gasteiger partial charge in [0.05, 0.1) is 12.8 Å². The highest BCUT2D eigenvalue weighted by Gasteiger charge is 2.33. The van der Waals surface area contributed by atoms with Crippen LogP contribution in [0.25, 0.3) is 5.65 Å². The Labute approximate surface area is 144 Å². The van der Waals surface area contributed by atoms with Crippen LogP contribution in [-0.4, -0.2) is 32.1 Å². The first kappa shape index (κ1) is 17.5. The molecule has 3 heterocycles. The number of aromatic nitrogens is 4. The van der Waals surface area contributed by atoms with Gasteiger partial charge in [-0.2, -0.15) is 13.2 Å². The summed E-state index contributed by atoms with van der Waals surface area (Å²) in [4.78, 5) is 19.9. The Hall–Kier alpha value is -3.37. The Kier molecular flexibility index (Phi) is 4.36. The van der Waals surface area contributed by atoms with Gasteiger partial charge in [0.15, 0.2) is 11.5 Å². The average molecular weight is 366 g/mol. The normalized spacial score (nSPS) is 11.5. The number of ether oxygens (including phenoxy) is 1. The number of fused-ring (bicyclic) bond motifs is 1. The number of carbonyl (C=O) groups excluding carboxylic acids is 1. The van der Waals surface area contributed by atoms with Crippen molar-refractivity contribution in [2.24, 2.45) is 0 Å². The van der Waals surface area contributed by atoms with Crippen LogP contribution in [0.4, 0.5) is 24.7 Å². The standard InChI is InChI=1S/C15H13F3N6O2/c1-2-26-9-3-5-20-7-8(9)21-14(25)11-12(19)23-24-6-4-10(15(16,17)18)22-13(11)24/h3-7H,2H2,1H3,(H2,19,23)(H,21,25). The second kappa shape index (κ2) is 6.50. The van der Waals surface area contributed by atoms with E-state index in [-0.39, 0.29) is 22.7 Å². The highest BCUT2D eigenvalue weighted by molar-refractivity contribution is 6.12. The van der Waals surface area contributed by atoms with E-state index < -0.39 is 17.8 Å². The van der Waals surface area contributed by atoms with E-state index in [1.807, 2.05) is 0 Å². The molecule has 0 saturated heterocycles. The number of nitrogen functional groups attached to an aromatic ring is 1. The van der Waals surface area contributed by atoms with E-state index in [0.29, 0.717) is 12.4 Å². The number of halogens is 3. The molecule has 0 aliphatic heterocycles. The van der Waals surface area contributed by atoms with Gasteiger partial charge < -0.3 is 15.8 Å². The summed E-state index contributed by atoms with van der Waals surface area (Å²) in [5, 5.41) is 6.32. The molecular formula is C15H13F3N6O2. The number of nitrogens with zero attached hydrogens (tertiary/aromatic N) is 4. The molecule has 0 fully saturated rings. The molecule has 8 nitrogen and oxygen atoms in total. The first-order valence-corrected chi connectivity index (χ1v) is 7.41. The molecule has 3 aromatic rings. The van der Waals surface area contributed by atoms with Gasteiger partial charge in [-0.05, 0) is 13.0 Å². The lowest BCUT2D eigenvalue weighted by Gasteiger charge is -2.10. The molecule has 3 aromatic heterocycles. The first-order chi connectivity index (χ1) is 12.3. The lowest BCUT2D eigenvalue weighted by molar-refractivity contribution is -0.141. The van der Waals surface area contributed by atoms with Gasteiger partial charge in [-0.25, -0.2) is 9.50 Å². The van der Waals surface area contributed by atoms with Crippen molar-refractivity contribution < 1.29 is 22.7 Å². The van der Waals surface area contributed by atoms with Crippen LogP contribution in [0.3, 0.4) is 0 Å². The SMILES string of the molecule is CCOc1ccncc1NC(=O)c1c(N)nn2ccc(C(F)(F)F)nc12. The van der Waals surface area contributed by atoms with Crippen molar-refractivity contribution in [2.45, 2.75) is 13.1 Å². The minimum absolute atomic E-state index is 0.241. The maximum atomic E-state index is 12.9. The van der Waals surface area contributed by atoms with Crippen molar-refractivity contribution in [3.05, 3.63) is 42.0 Å². The number of alkyl halides is 3. The fourth-order valence-electron chi connectivity index (χ4n) is 2.26. The van der Waals surface area contributed by atoms with E-state index in [4.69, 9.17) is 10.5 Å². The lowest BCUT2D eigenvalue weighted by atomic mass is 10.2. The Morgan fingerprint density at radius 1 is 1.38 bits per heavy atom. The van der Waals surface area contributed by atoms with Crippen molar-refractivity contribution >= 4 is 23.1 Å². The van der Waals surface area contributed by atoms with Crippen LogP contribution in [-0.2, 0) is 6.18 Å². The summed E-state index contributed by atoms with van der Waals surface area (Å²) < 4.78 is 45.0. The van der Waals surface area contributed by atoms with Gasteiger partial charge in [-0.1, -0.05) is 0 Å². The van der Waals surface area contributed by atoms with Crippen molar-refractivity contribution in [1.82, 2.24) is 19.6 Å². The van der Waals surface area contributed by atoms with Gasteiger partial charge in [-0.15, -0.1) is 5.10 Å². The topological polar surface area (TPSA) is 107 Å². The number of nitrogens with two attached hydrogens (primary N) is 1. The summed E-state index contributed by atoms with van der Waals surface area (Å²) in [6.07, 6.45) is -0.811. The van der Waals surface area contributed by atoms with Crippen molar-refractivity contribution in [1.29, 1.82) is 0 Å². The van der Waals surface area contributed by atoms with E-state index in [1.165, 1.54) is 12.4 Å². The van der Waals surface area contributed by atoms with Crippen molar-refractivity contribution in [3.8, 4) is 5.75 Å². The van der Waals surface area contributed by atoms with Crippen LogP contribution in [0.1, 0.15) is 23.0 Å². The van der Waals surface area contributed by atoms with Gasteiger partial charge in [-0.3, -0.25) is 9.78 Å². The molecule has 0 aromatic carbocycles. The third-order valence-electron chi connectivity index (χ3n) is 3.36. The highest BCUT2D eigenvalue weighted by Crippen LogP contribution is 2.29. The Morgan fingerprint density at radius 2 is 2.15 bits per heavy atom. The Bertz CT molecular complexity index is 970. The van der Waals surface area contributed by atoms with Gasteiger partial charge in [0.2, 0.25) is 0 Å². The largest absolute Gasteiger partial charge is 0.492 e. The van der Waals surface area contributed by atoms with E-state index >= 15 is 0 Å². The average Bonchev–Trinajstić information content (AvgIpc) is 2.91. The van der Waals surface area contributed by atoms with Crippen molar-refractivity contribution in [2.75, 3.05) is 17.7 Å². The summed E-state index contributed by atoms with van der Waals surface area (Å²) in [5.74, 6) is -0.677. The minimum atomic E-state index is -4.67. The molecule has 0 bridgehead atoms. The molecule has 11 heteroatoms. The molecule has 1 amide bonds. The maximum absolute atomic E-state index is 12.9. The maximum Gasteiger partial charge on any atom is 0.433 e. The molecule has 26 heavy (non-hydrogen) atoms. The van der Waals surface area contributed by atoms with Crippen LogP contribution < -0.4 is 15.8 Å². The smallest absolute Gasteiger partial charge is 0.433 e. The third kappa shape index (κ3) is 3.23. The quantitative estimate of drug-likeness (QED) is 0.734. The van der Waals surface area contributed by atoms with E-state index in [0.717, 1.165) is 16.8 Å². The van der Waals surface area contributed by atoms with Gasteiger partial charge in [0.25, 0.3) is 5.91 Å². The fourth-order valence-corrected chi connectivity index (χ4v) is 2.26. The number of amides is 1. The molecule has 0 saturated carbocycles. The third-order valence-corrected chi connectivity index (χ3v) is 3.36. The molecule has 3 N–H and O–H groups in total. The van der Waals surface area contributed by atoms with Gasteiger partial charge >= 0.3 is 6.18 Å². The van der Waals surface area contributed by atoms with E-state index in [1.54, 1.807) is 13.0 Å². The molecule has 0 aliphatic rings. The molecule has 0 atom stereocenters.